The number of anilines is 1. The average molecular weight is 460 g/mol. The number of hydrogen-bond donors (Lipinski definition) is 2. The molecule has 1 amide bonds. The number of ether oxygens (including phenoxy) is 2. The lowest BCUT2D eigenvalue weighted by atomic mass is 10.1. The van der Waals surface area contributed by atoms with Gasteiger partial charge < -0.3 is 19.9 Å². The SMILES string of the molecule is COc1cc2c(Oc3ccc4cc(NC(=O)c5ccsc5)ccc4c3F)ccnc2cc1O. The second-order valence-electron chi connectivity index (χ2n) is 7.23. The minimum absolute atomic E-state index is 0.0390. The number of carbonyl (C=O) groups is 1. The molecule has 0 atom stereocenters. The molecule has 3 aromatic carbocycles. The van der Waals surface area contributed by atoms with E-state index in [1.807, 2.05) is 5.38 Å². The largest absolute Gasteiger partial charge is 0.504 e. The Labute approximate surface area is 191 Å². The molecule has 5 aromatic rings. The van der Waals surface area contributed by atoms with Crippen molar-refractivity contribution in [3.05, 3.63) is 82.9 Å². The van der Waals surface area contributed by atoms with Crippen molar-refractivity contribution in [3.63, 3.8) is 0 Å². The zero-order valence-corrected chi connectivity index (χ0v) is 18.2. The van der Waals surface area contributed by atoms with Crippen molar-refractivity contribution in [2.45, 2.75) is 0 Å². The highest BCUT2D eigenvalue weighted by atomic mass is 32.1. The number of aromatic hydroxyl groups is 1. The molecule has 2 heterocycles. The molecule has 2 aromatic heterocycles. The lowest BCUT2D eigenvalue weighted by molar-refractivity contribution is 0.102. The van der Waals surface area contributed by atoms with E-state index in [9.17, 15) is 9.90 Å². The second-order valence-corrected chi connectivity index (χ2v) is 8.01. The number of phenolic OH excluding ortho intramolecular Hbond substituents is 1. The summed E-state index contributed by atoms with van der Waals surface area (Å²) in [5.41, 5.74) is 1.63. The van der Waals surface area contributed by atoms with Gasteiger partial charge in [-0.25, -0.2) is 4.39 Å². The summed E-state index contributed by atoms with van der Waals surface area (Å²) in [6, 6.07) is 14.6. The van der Waals surface area contributed by atoms with Gasteiger partial charge in [0.2, 0.25) is 0 Å². The highest BCUT2D eigenvalue weighted by molar-refractivity contribution is 7.08. The fourth-order valence-electron chi connectivity index (χ4n) is 3.53. The molecule has 0 unspecified atom stereocenters. The molecule has 6 nitrogen and oxygen atoms in total. The number of thiophene rings is 1. The number of carbonyl (C=O) groups excluding carboxylic acids is 1. The number of pyridine rings is 1. The van der Waals surface area contributed by atoms with Gasteiger partial charge in [-0.15, -0.1) is 0 Å². The molecule has 0 spiro atoms. The third-order valence-corrected chi connectivity index (χ3v) is 5.87. The normalized spacial score (nSPS) is 11.0. The number of nitrogens with one attached hydrogen (secondary N) is 1. The molecule has 0 saturated carbocycles. The summed E-state index contributed by atoms with van der Waals surface area (Å²) in [5, 5.41) is 17.9. The van der Waals surface area contributed by atoms with E-state index in [1.165, 1.54) is 36.8 Å². The number of benzene rings is 3. The molecule has 0 aliphatic heterocycles. The number of methoxy groups -OCH3 is 1. The first-order chi connectivity index (χ1) is 16.0. The Hall–Kier alpha value is -4.17. The first-order valence-corrected chi connectivity index (χ1v) is 10.9. The number of aromatic nitrogens is 1. The lowest BCUT2D eigenvalue weighted by Crippen LogP contribution is -2.10. The van der Waals surface area contributed by atoms with E-state index in [1.54, 1.807) is 47.8 Å². The minimum atomic E-state index is -0.529. The van der Waals surface area contributed by atoms with Crippen LogP contribution in [0.5, 0.6) is 23.0 Å². The van der Waals surface area contributed by atoms with Crippen LogP contribution in [-0.2, 0) is 0 Å². The molecule has 164 valence electrons. The molecule has 0 radical (unpaired) electrons. The Morgan fingerprint density at radius 2 is 1.91 bits per heavy atom. The van der Waals surface area contributed by atoms with E-state index in [-0.39, 0.29) is 23.2 Å². The second kappa shape index (κ2) is 8.40. The van der Waals surface area contributed by atoms with Crippen LogP contribution in [0.1, 0.15) is 10.4 Å². The van der Waals surface area contributed by atoms with Crippen molar-refractivity contribution in [1.82, 2.24) is 4.98 Å². The number of amides is 1. The fourth-order valence-corrected chi connectivity index (χ4v) is 4.17. The van der Waals surface area contributed by atoms with Gasteiger partial charge in [-0.3, -0.25) is 9.78 Å². The predicted octanol–water partition coefficient (Wildman–Crippen LogP) is 6.35. The topological polar surface area (TPSA) is 80.7 Å². The van der Waals surface area contributed by atoms with Gasteiger partial charge in [0.1, 0.15) is 5.75 Å². The van der Waals surface area contributed by atoms with Crippen LogP contribution in [0.25, 0.3) is 21.7 Å². The zero-order chi connectivity index (χ0) is 22.9. The standard InChI is InChI=1S/C25H17FN2O4S/c1-31-23-11-18-19(12-20(23)29)27-8-6-21(18)32-22-5-2-14-10-16(3-4-17(14)24(22)26)28-25(30)15-7-9-33-13-15/h2-13,29H,1H3,(H,28,30). The number of hydrogen-bond acceptors (Lipinski definition) is 6. The van der Waals surface area contributed by atoms with Gasteiger partial charge >= 0.3 is 0 Å². The third kappa shape index (κ3) is 3.92. The quantitative estimate of drug-likeness (QED) is 0.320. The number of fused-ring (bicyclic) bond motifs is 2. The molecule has 2 N–H and O–H groups in total. The van der Waals surface area contributed by atoms with Crippen LogP contribution in [0, 0.1) is 5.82 Å². The van der Waals surface area contributed by atoms with Crippen molar-refractivity contribution >= 4 is 44.6 Å². The number of rotatable bonds is 5. The summed E-state index contributed by atoms with van der Waals surface area (Å²) < 4.78 is 26.3. The highest BCUT2D eigenvalue weighted by Gasteiger charge is 2.15. The minimum Gasteiger partial charge on any atom is -0.504 e. The van der Waals surface area contributed by atoms with Crippen LogP contribution in [0.15, 0.2) is 71.6 Å². The molecule has 0 saturated heterocycles. The van der Waals surface area contributed by atoms with Gasteiger partial charge in [0.25, 0.3) is 5.91 Å². The molecule has 33 heavy (non-hydrogen) atoms. The van der Waals surface area contributed by atoms with Crippen molar-refractivity contribution in [1.29, 1.82) is 0 Å². The Bertz CT molecular complexity index is 1500. The Kier molecular flexibility index (Phi) is 5.27. The summed E-state index contributed by atoms with van der Waals surface area (Å²) in [5.74, 6) is -0.126. The third-order valence-electron chi connectivity index (χ3n) is 5.18. The predicted molar refractivity (Wildman–Crippen MR) is 126 cm³/mol. The number of nitrogens with zero attached hydrogens (tertiary/aromatic N) is 1. The Morgan fingerprint density at radius 1 is 1.03 bits per heavy atom. The lowest BCUT2D eigenvalue weighted by Gasteiger charge is -2.13. The first-order valence-electron chi connectivity index (χ1n) is 9.93. The van der Waals surface area contributed by atoms with E-state index in [2.05, 4.69) is 10.3 Å². The molecular formula is C25H17FN2O4S. The molecule has 5 rings (SSSR count). The van der Waals surface area contributed by atoms with Crippen molar-refractivity contribution < 1.29 is 23.8 Å². The molecule has 8 heteroatoms. The van der Waals surface area contributed by atoms with Crippen LogP contribution < -0.4 is 14.8 Å². The molecule has 0 bridgehead atoms. The van der Waals surface area contributed by atoms with Gasteiger partial charge in [-0.1, -0.05) is 6.07 Å². The monoisotopic (exact) mass is 460 g/mol. The van der Waals surface area contributed by atoms with Crippen LogP contribution in [0.2, 0.25) is 0 Å². The Morgan fingerprint density at radius 3 is 2.70 bits per heavy atom. The van der Waals surface area contributed by atoms with E-state index < -0.39 is 5.82 Å². The van der Waals surface area contributed by atoms with Gasteiger partial charge in [-0.2, -0.15) is 11.3 Å². The van der Waals surface area contributed by atoms with E-state index >= 15 is 4.39 Å². The molecule has 0 fully saturated rings. The fraction of sp³-hybridized carbons (Fsp3) is 0.0400. The van der Waals surface area contributed by atoms with E-state index in [0.717, 1.165) is 0 Å². The summed E-state index contributed by atoms with van der Waals surface area (Å²) in [7, 11) is 1.44. The van der Waals surface area contributed by atoms with Gasteiger partial charge in [-0.05, 0) is 53.2 Å². The van der Waals surface area contributed by atoms with E-state index in [0.29, 0.717) is 38.7 Å². The van der Waals surface area contributed by atoms with Crippen molar-refractivity contribution in [2.75, 3.05) is 12.4 Å². The summed E-state index contributed by atoms with van der Waals surface area (Å²) in [6.07, 6.45) is 1.52. The maximum Gasteiger partial charge on any atom is 0.256 e. The van der Waals surface area contributed by atoms with Crippen LogP contribution >= 0.6 is 11.3 Å². The van der Waals surface area contributed by atoms with E-state index in [4.69, 9.17) is 9.47 Å². The Balaban J connectivity index is 1.47. The van der Waals surface area contributed by atoms with Crippen LogP contribution in [0.3, 0.4) is 0 Å². The smallest absolute Gasteiger partial charge is 0.256 e. The molecule has 0 aliphatic rings. The summed E-state index contributed by atoms with van der Waals surface area (Å²) in [6.45, 7) is 0. The van der Waals surface area contributed by atoms with Crippen LogP contribution in [-0.4, -0.2) is 23.1 Å². The maximum atomic E-state index is 15.3. The summed E-state index contributed by atoms with van der Waals surface area (Å²) in [4.78, 5) is 16.5. The van der Waals surface area contributed by atoms with Gasteiger partial charge in [0, 0.05) is 34.1 Å². The maximum absolute atomic E-state index is 15.3. The average Bonchev–Trinajstić information content (AvgIpc) is 3.36. The summed E-state index contributed by atoms with van der Waals surface area (Å²) >= 11 is 1.44. The van der Waals surface area contributed by atoms with Gasteiger partial charge in [0.15, 0.2) is 23.1 Å². The van der Waals surface area contributed by atoms with Crippen molar-refractivity contribution in [3.8, 4) is 23.0 Å². The van der Waals surface area contributed by atoms with Crippen LogP contribution in [0.4, 0.5) is 10.1 Å². The number of halogens is 1. The first kappa shape index (κ1) is 20.7. The highest BCUT2D eigenvalue weighted by Crippen LogP contribution is 2.38. The van der Waals surface area contributed by atoms with Gasteiger partial charge in [0.05, 0.1) is 18.2 Å². The zero-order valence-electron chi connectivity index (χ0n) is 17.3. The number of phenols is 1. The van der Waals surface area contributed by atoms with Crippen molar-refractivity contribution in [2.24, 2.45) is 0 Å². The molecular weight excluding hydrogens is 443 g/mol. The molecule has 0 aliphatic carbocycles.